The van der Waals surface area contributed by atoms with Crippen molar-refractivity contribution < 1.29 is 27.8 Å². The molecule has 0 unspecified atom stereocenters. The van der Waals surface area contributed by atoms with Gasteiger partial charge in [-0.3, -0.25) is 0 Å². The lowest BCUT2D eigenvalue weighted by Gasteiger charge is -2.03. The number of carbonyl (C=O) groups excluding carboxylic acids is 2. The van der Waals surface area contributed by atoms with Crippen molar-refractivity contribution in [2.75, 3.05) is 0 Å². The van der Waals surface area contributed by atoms with E-state index in [4.69, 9.17) is 9.47 Å². The van der Waals surface area contributed by atoms with Crippen molar-refractivity contribution in [3.05, 3.63) is 107 Å². The van der Waals surface area contributed by atoms with Gasteiger partial charge >= 0.3 is 11.9 Å². The lowest BCUT2D eigenvalue weighted by molar-refractivity contribution is 0.0646. The number of carbonyl (C=O) groups is 2. The Hall–Kier alpha value is -4.42. The number of esters is 2. The highest BCUT2D eigenvalue weighted by Crippen LogP contribution is 2.12. The predicted octanol–water partition coefficient (Wildman–Crippen LogP) is 4.30. The Bertz CT molecular complexity index is 1130. The van der Waals surface area contributed by atoms with Gasteiger partial charge in [0.15, 0.2) is 0 Å². The van der Waals surface area contributed by atoms with Crippen LogP contribution in [-0.4, -0.2) is 11.9 Å². The van der Waals surface area contributed by atoms with Crippen molar-refractivity contribution in [2.24, 2.45) is 0 Å². The minimum absolute atomic E-state index is 0.0569. The monoisotopic (exact) mass is 402 g/mol. The number of benzene rings is 3. The van der Waals surface area contributed by atoms with E-state index in [1.54, 1.807) is 12.1 Å². The van der Waals surface area contributed by atoms with Crippen molar-refractivity contribution in [1.29, 1.82) is 0 Å². The summed E-state index contributed by atoms with van der Waals surface area (Å²) in [6, 6.07) is 17.2. The molecule has 4 nitrogen and oxygen atoms in total. The fraction of sp³-hybridized carbons (Fsp3) is 0. The molecule has 0 aliphatic heterocycles. The highest BCUT2D eigenvalue weighted by Gasteiger charge is 2.18. The Morgan fingerprint density at radius 2 is 0.967 bits per heavy atom. The van der Waals surface area contributed by atoms with Crippen LogP contribution in [0.2, 0.25) is 0 Å². The minimum atomic E-state index is -0.923. The molecule has 0 amide bonds. The average Bonchev–Trinajstić information content (AvgIpc) is 2.76. The molecule has 0 spiro atoms. The van der Waals surface area contributed by atoms with Gasteiger partial charge in [-0.2, -0.15) is 0 Å². The molecule has 146 valence electrons. The van der Waals surface area contributed by atoms with Crippen LogP contribution in [0.5, 0.6) is 0 Å². The molecule has 30 heavy (non-hydrogen) atoms. The maximum Gasteiger partial charge on any atom is 0.352 e. The summed E-state index contributed by atoms with van der Waals surface area (Å²) in [6.07, 6.45) is 4.23. The highest BCUT2D eigenvalue weighted by atomic mass is 19.1. The maximum atomic E-state index is 13.5. The second kappa shape index (κ2) is 9.68. The summed E-state index contributed by atoms with van der Waals surface area (Å²) >= 11 is 0. The molecular weight excluding hydrogens is 390 g/mol. The molecule has 0 saturated heterocycles. The van der Waals surface area contributed by atoms with E-state index in [1.807, 2.05) is 0 Å². The fourth-order valence-corrected chi connectivity index (χ4v) is 2.33. The van der Waals surface area contributed by atoms with Gasteiger partial charge in [0.05, 0.1) is 22.3 Å². The first kappa shape index (κ1) is 20.3. The smallest absolute Gasteiger partial charge is 0.352 e. The molecule has 0 saturated carbocycles. The Labute approximate surface area is 171 Å². The number of ether oxygens (including phenoxy) is 2. The van der Waals surface area contributed by atoms with Crippen LogP contribution in [0.1, 0.15) is 31.8 Å². The normalized spacial score (nSPS) is 9.40. The lowest BCUT2D eigenvalue weighted by atomic mass is 10.1. The largest absolute Gasteiger partial charge is 0.368 e. The number of halogens is 2. The first-order valence-corrected chi connectivity index (χ1v) is 8.58. The van der Waals surface area contributed by atoms with Gasteiger partial charge in [-0.15, -0.1) is 0 Å². The molecule has 3 aromatic rings. The van der Waals surface area contributed by atoms with E-state index >= 15 is 0 Å². The van der Waals surface area contributed by atoms with Crippen LogP contribution < -0.4 is 0 Å². The summed E-state index contributed by atoms with van der Waals surface area (Å²) in [4.78, 5) is 24.5. The van der Waals surface area contributed by atoms with Gasteiger partial charge in [0, 0.05) is 0 Å². The van der Waals surface area contributed by atoms with E-state index in [1.165, 1.54) is 60.7 Å². The van der Waals surface area contributed by atoms with Crippen LogP contribution in [0.3, 0.4) is 0 Å². The molecular formula is C24H12F2O4. The molecule has 0 aliphatic rings. The van der Waals surface area contributed by atoms with Crippen LogP contribution in [0.25, 0.3) is 0 Å². The Morgan fingerprint density at radius 1 is 0.600 bits per heavy atom. The second-order valence-electron chi connectivity index (χ2n) is 5.74. The number of rotatable bonds is 2. The summed E-state index contributed by atoms with van der Waals surface area (Å²) in [5, 5.41) is 0. The third kappa shape index (κ3) is 5.09. The molecule has 6 heteroatoms. The molecule has 0 bridgehead atoms. The molecule has 0 aliphatic carbocycles. The molecule has 0 aromatic heterocycles. The van der Waals surface area contributed by atoms with Crippen molar-refractivity contribution in [1.82, 2.24) is 0 Å². The van der Waals surface area contributed by atoms with Gasteiger partial charge in [-0.1, -0.05) is 36.4 Å². The van der Waals surface area contributed by atoms with E-state index in [0.717, 1.165) is 0 Å². The standard InChI is InChI=1S/C24H12F2O4/c25-21-11-5-1-7-17(21)13-15-29-23(27)19-9-3-4-10-20(19)24(28)30-16-14-18-8-2-6-12-22(18)26/h1-12H. The number of hydrogen-bond acceptors (Lipinski definition) is 4. The van der Waals surface area contributed by atoms with Gasteiger partial charge in [0.2, 0.25) is 0 Å². The van der Waals surface area contributed by atoms with E-state index in [9.17, 15) is 18.4 Å². The summed E-state index contributed by atoms with van der Waals surface area (Å²) in [6.45, 7) is 0. The zero-order valence-corrected chi connectivity index (χ0v) is 15.3. The lowest BCUT2D eigenvalue weighted by Crippen LogP contribution is -2.11. The van der Waals surface area contributed by atoms with Crippen LogP contribution in [0.4, 0.5) is 8.78 Å². The Morgan fingerprint density at radius 3 is 1.37 bits per heavy atom. The molecule has 0 atom stereocenters. The van der Waals surface area contributed by atoms with E-state index in [0.29, 0.717) is 0 Å². The zero-order valence-electron chi connectivity index (χ0n) is 15.3. The molecule has 0 N–H and O–H groups in total. The number of hydrogen-bond donors (Lipinski definition) is 0. The first-order valence-electron chi connectivity index (χ1n) is 8.58. The summed E-state index contributed by atoms with van der Waals surface area (Å²) < 4.78 is 36.7. The SMILES string of the molecule is O=C(OC#Cc1ccccc1F)c1ccccc1C(=O)OC#Cc1ccccc1F. The van der Waals surface area contributed by atoms with Gasteiger partial charge in [0.25, 0.3) is 0 Å². The van der Waals surface area contributed by atoms with Crippen molar-refractivity contribution in [3.8, 4) is 24.1 Å². The van der Waals surface area contributed by atoms with Crippen molar-refractivity contribution >= 4 is 11.9 Å². The third-order valence-corrected chi connectivity index (χ3v) is 3.77. The van der Waals surface area contributed by atoms with Gasteiger partial charge in [-0.05, 0) is 48.2 Å². The summed E-state index contributed by atoms with van der Waals surface area (Å²) in [7, 11) is 0. The molecule has 0 fully saturated rings. The Balaban J connectivity index is 1.73. The van der Waals surface area contributed by atoms with Crippen molar-refractivity contribution in [2.45, 2.75) is 0 Å². The fourth-order valence-electron chi connectivity index (χ4n) is 2.33. The molecule has 3 rings (SSSR count). The topological polar surface area (TPSA) is 52.6 Å². The quantitative estimate of drug-likeness (QED) is 0.474. The summed E-state index contributed by atoms with van der Waals surface area (Å²) in [5.74, 6) is 1.80. The minimum Gasteiger partial charge on any atom is -0.368 e. The van der Waals surface area contributed by atoms with Gasteiger partial charge in [0.1, 0.15) is 23.8 Å². The van der Waals surface area contributed by atoms with Crippen LogP contribution >= 0.6 is 0 Å². The van der Waals surface area contributed by atoms with Crippen LogP contribution in [-0.2, 0) is 9.47 Å². The van der Waals surface area contributed by atoms with Crippen molar-refractivity contribution in [3.63, 3.8) is 0 Å². The Kier molecular flexibility index (Phi) is 6.55. The third-order valence-electron chi connectivity index (χ3n) is 3.77. The average molecular weight is 402 g/mol. The highest BCUT2D eigenvalue weighted by molar-refractivity contribution is 6.03. The first-order chi connectivity index (χ1) is 14.6. The second-order valence-corrected chi connectivity index (χ2v) is 5.74. The predicted molar refractivity (Wildman–Crippen MR) is 104 cm³/mol. The van der Waals surface area contributed by atoms with Gasteiger partial charge in [-0.25, -0.2) is 18.4 Å². The van der Waals surface area contributed by atoms with Crippen LogP contribution in [0, 0.1) is 35.7 Å². The van der Waals surface area contributed by atoms with E-state index < -0.39 is 23.6 Å². The van der Waals surface area contributed by atoms with E-state index in [-0.39, 0.29) is 22.3 Å². The van der Waals surface area contributed by atoms with E-state index in [2.05, 4.69) is 24.1 Å². The molecule has 0 heterocycles. The summed E-state index contributed by atoms with van der Waals surface area (Å²) in [5.41, 5.74) is -0.112. The molecule has 0 radical (unpaired) electrons. The maximum absolute atomic E-state index is 13.5. The van der Waals surface area contributed by atoms with Gasteiger partial charge < -0.3 is 9.47 Å². The molecule has 3 aromatic carbocycles. The van der Waals surface area contributed by atoms with Crippen LogP contribution in [0.15, 0.2) is 72.8 Å². The zero-order chi connectivity index (χ0) is 21.3.